The van der Waals surface area contributed by atoms with Gasteiger partial charge < -0.3 is 4.90 Å². The molecular weight excluding hydrogens is 324 g/mol. The molecule has 0 saturated heterocycles. The van der Waals surface area contributed by atoms with Gasteiger partial charge >= 0.3 is 0 Å². The molecule has 0 unspecified atom stereocenters. The van der Waals surface area contributed by atoms with Crippen molar-refractivity contribution in [3.05, 3.63) is 54.6 Å². The van der Waals surface area contributed by atoms with Crippen molar-refractivity contribution in [2.75, 3.05) is 19.6 Å². The standard InChI is InChI=1S/C15H19ClN2O3S/c1-3-11-18(12-4-2)15(19)9-10-17-22(20,21)14-7-5-13(16)6-8-14/h3-8,17H,1-2,9-12H2. The molecule has 1 N–H and O–H groups in total. The highest BCUT2D eigenvalue weighted by atomic mass is 35.5. The van der Waals surface area contributed by atoms with Gasteiger partial charge in [-0.2, -0.15) is 0 Å². The minimum absolute atomic E-state index is 0.0224. The number of hydrogen-bond acceptors (Lipinski definition) is 3. The number of benzene rings is 1. The number of halogens is 1. The van der Waals surface area contributed by atoms with Gasteiger partial charge in [-0.05, 0) is 24.3 Å². The lowest BCUT2D eigenvalue weighted by atomic mass is 10.3. The van der Waals surface area contributed by atoms with Crippen LogP contribution in [0.5, 0.6) is 0 Å². The van der Waals surface area contributed by atoms with E-state index in [1.165, 1.54) is 29.2 Å². The van der Waals surface area contributed by atoms with E-state index in [4.69, 9.17) is 11.6 Å². The Balaban J connectivity index is 2.58. The molecule has 1 rings (SSSR count). The van der Waals surface area contributed by atoms with Crippen LogP contribution in [-0.2, 0) is 14.8 Å². The molecule has 1 aromatic carbocycles. The summed E-state index contributed by atoms with van der Waals surface area (Å²) in [5.74, 6) is -0.168. The van der Waals surface area contributed by atoms with E-state index in [0.717, 1.165) is 0 Å². The molecule has 0 saturated carbocycles. The first-order valence-electron chi connectivity index (χ1n) is 6.65. The number of nitrogens with zero attached hydrogens (tertiary/aromatic N) is 1. The quantitative estimate of drug-likeness (QED) is 0.700. The van der Waals surface area contributed by atoms with Gasteiger partial charge in [0.05, 0.1) is 4.90 Å². The molecule has 0 radical (unpaired) electrons. The van der Waals surface area contributed by atoms with Gasteiger partial charge in [0.1, 0.15) is 0 Å². The lowest BCUT2D eigenvalue weighted by Crippen LogP contribution is -2.34. The summed E-state index contributed by atoms with van der Waals surface area (Å²) in [7, 11) is -3.64. The Morgan fingerprint density at radius 3 is 2.23 bits per heavy atom. The fraction of sp³-hybridized carbons (Fsp3) is 0.267. The van der Waals surface area contributed by atoms with Gasteiger partial charge in [0.2, 0.25) is 15.9 Å². The van der Waals surface area contributed by atoms with E-state index in [0.29, 0.717) is 18.1 Å². The van der Waals surface area contributed by atoms with E-state index in [1.807, 2.05) is 0 Å². The summed E-state index contributed by atoms with van der Waals surface area (Å²) in [5, 5.41) is 0.457. The Kier molecular flexibility index (Phi) is 7.31. The summed E-state index contributed by atoms with van der Waals surface area (Å²) in [5.41, 5.74) is 0. The molecule has 0 atom stereocenters. The van der Waals surface area contributed by atoms with Gasteiger partial charge in [0, 0.05) is 31.1 Å². The zero-order valence-electron chi connectivity index (χ0n) is 12.2. The smallest absolute Gasteiger partial charge is 0.240 e. The van der Waals surface area contributed by atoms with Crippen molar-refractivity contribution < 1.29 is 13.2 Å². The predicted molar refractivity (Wildman–Crippen MR) is 88.2 cm³/mol. The monoisotopic (exact) mass is 342 g/mol. The number of rotatable bonds is 9. The Morgan fingerprint density at radius 2 is 1.73 bits per heavy atom. The second-order valence-corrected chi connectivity index (χ2v) is 6.68. The van der Waals surface area contributed by atoms with E-state index in [1.54, 1.807) is 12.2 Å². The highest BCUT2D eigenvalue weighted by Gasteiger charge is 2.15. The lowest BCUT2D eigenvalue weighted by Gasteiger charge is -2.19. The molecule has 0 aliphatic carbocycles. The van der Waals surface area contributed by atoms with Gasteiger partial charge in [-0.15, -0.1) is 13.2 Å². The van der Waals surface area contributed by atoms with Gasteiger partial charge in [-0.3, -0.25) is 4.79 Å². The zero-order chi connectivity index (χ0) is 16.6. The summed E-state index contributed by atoms with van der Waals surface area (Å²) in [6.45, 7) is 7.98. The van der Waals surface area contributed by atoms with Gasteiger partial charge in [0.15, 0.2) is 0 Å². The van der Waals surface area contributed by atoms with Crippen molar-refractivity contribution >= 4 is 27.5 Å². The molecule has 0 aliphatic rings. The van der Waals surface area contributed by atoms with E-state index >= 15 is 0 Å². The van der Waals surface area contributed by atoms with Gasteiger partial charge in [-0.25, -0.2) is 13.1 Å². The molecule has 120 valence electrons. The molecule has 0 bridgehead atoms. The maximum absolute atomic E-state index is 12.0. The van der Waals surface area contributed by atoms with Gasteiger partial charge in [-0.1, -0.05) is 23.8 Å². The second kappa shape index (κ2) is 8.73. The molecule has 0 spiro atoms. The third kappa shape index (κ3) is 5.63. The zero-order valence-corrected chi connectivity index (χ0v) is 13.7. The minimum atomic E-state index is -3.64. The molecular formula is C15H19ClN2O3S. The summed E-state index contributed by atoms with van der Waals surface area (Å²) >= 11 is 5.72. The molecule has 5 nitrogen and oxygen atoms in total. The van der Waals surface area contributed by atoms with Crippen LogP contribution in [0.3, 0.4) is 0 Å². The largest absolute Gasteiger partial charge is 0.335 e. The SMILES string of the molecule is C=CCN(CC=C)C(=O)CCNS(=O)(=O)c1ccc(Cl)cc1. The van der Waals surface area contributed by atoms with Crippen molar-refractivity contribution in [2.45, 2.75) is 11.3 Å². The van der Waals surface area contributed by atoms with Crippen LogP contribution in [0.2, 0.25) is 5.02 Å². The molecule has 22 heavy (non-hydrogen) atoms. The number of amides is 1. The Hall–Kier alpha value is -1.63. The maximum Gasteiger partial charge on any atom is 0.240 e. The van der Waals surface area contributed by atoms with Crippen LogP contribution in [0.25, 0.3) is 0 Å². The Bertz CT molecular complexity index is 617. The second-order valence-electron chi connectivity index (χ2n) is 4.48. The topological polar surface area (TPSA) is 66.5 Å². The number of carbonyl (C=O) groups excluding carboxylic acids is 1. The maximum atomic E-state index is 12.0. The molecule has 7 heteroatoms. The number of carbonyl (C=O) groups is 1. The first kappa shape index (κ1) is 18.4. The third-order valence-electron chi connectivity index (χ3n) is 2.81. The predicted octanol–water partition coefficient (Wildman–Crippen LogP) is 2.21. The summed E-state index contributed by atoms with van der Waals surface area (Å²) in [6.07, 6.45) is 3.28. The summed E-state index contributed by atoms with van der Waals surface area (Å²) in [6, 6.07) is 5.82. The Labute approximate surface area is 136 Å². The highest BCUT2D eigenvalue weighted by Crippen LogP contribution is 2.13. The van der Waals surface area contributed by atoms with Crippen LogP contribution in [0.15, 0.2) is 54.5 Å². The van der Waals surface area contributed by atoms with Crippen LogP contribution < -0.4 is 4.72 Å². The van der Waals surface area contributed by atoms with Crippen molar-refractivity contribution in [3.63, 3.8) is 0 Å². The number of sulfonamides is 1. The first-order valence-corrected chi connectivity index (χ1v) is 8.51. The fourth-order valence-electron chi connectivity index (χ4n) is 1.74. The molecule has 0 aliphatic heterocycles. The molecule has 0 fully saturated rings. The van der Waals surface area contributed by atoms with E-state index in [2.05, 4.69) is 17.9 Å². The van der Waals surface area contributed by atoms with Crippen LogP contribution in [0, 0.1) is 0 Å². The minimum Gasteiger partial charge on any atom is -0.335 e. The first-order chi connectivity index (χ1) is 10.4. The number of nitrogens with one attached hydrogen (secondary N) is 1. The van der Waals surface area contributed by atoms with Crippen molar-refractivity contribution in [1.82, 2.24) is 9.62 Å². The molecule has 0 heterocycles. The van der Waals surface area contributed by atoms with Crippen molar-refractivity contribution in [2.24, 2.45) is 0 Å². The summed E-state index contributed by atoms with van der Waals surface area (Å²) < 4.78 is 26.5. The lowest BCUT2D eigenvalue weighted by molar-refractivity contribution is -0.130. The average Bonchev–Trinajstić information content (AvgIpc) is 2.47. The van der Waals surface area contributed by atoms with Gasteiger partial charge in [0.25, 0.3) is 0 Å². The average molecular weight is 343 g/mol. The van der Waals surface area contributed by atoms with E-state index < -0.39 is 10.0 Å². The molecule has 0 aromatic heterocycles. The normalized spacial score (nSPS) is 11.0. The summed E-state index contributed by atoms with van der Waals surface area (Å²) in [4.78, 5) is 13.6. The van der Waals surface area contributed by atoms with E-state index in [-0.39, 0.29) is 23.8 Å². The third-order valence-corrected chi connectivity index (χ3v) is 4.54. The van der Waals surface area contributed by atoms with Crippen LogP contribution in [0.1, 0.15) is 6.42 Å². The van der Waals surface area contributed by atoms with Crippen molar-refractivity contribution in [3.8, 4) is 0 Å². The molecule has 1 aromatic rings. The van der Waals surface area contributed by atoms with E-state index in [9.17, 15) is 13.2 Å². The fourth-order valence-corrected chi connectivity index (χ4v) is 2.90. The van der Waals surface area contributed by atoms with Crippen LogP contribution >= 0.6 is 11.6 Å². The van der Waals surface area contributed by atoms with Crippen molar-refractivity contribution in [1.29, 1.82) is 0 Å². The van der Waals surface area contributed by atoms with Crippen LogP contribution in [-0.4, -0.2) is 38.9 Å². The molecule has 1 amide bonds. The number of hydrogen-bond donors (Lipinski definition) is 1. The Morgan fingerprint density at radius 1 is 1.18 bits per heavy atom. The van der Waals surface area contributed by atoms with Crippen LogP contribution in [0.4, 0.5) is 0 Å². The highest BCUT2D eigenvalue weighted by molar-refractivity contribution is 7.89.